The second-order valence-electron chi connectivity index (χ2n) is 4.23. The maximum absolute atomic E-state index is 9.78. The summed E-state index contributed by atoms with van der Waals surface area (Å²) in [5.41, 5.74) is -1.01. The van der Waals surface area contributed by atoms with Crippen molar-refractivity contribution in [1.29, 1.82) is 5.26 Å². The highest BCUT2D eigenvalue weighted by atomic mass is 16.3. The van der Waals surface area contributed by atoms with Gasteiger partial charge in [-0.05, 0) is 31.6 Å². The van der Waals surface area contributed by atoms with Crippen LogP contribution in [0.3, 0.4) is 0 Å². The van der Waals surface area contributed by atoms with E-state index in [4.69, 9.17) is 5.26 Å². The maximum atomic E-state index is 9.78. The molecule has 0 aromatic rings. The summed E-state index contributed by atoms with van der Waals surface area (Å²) >= 11 is 0. The first-order valence-corrected chi connectivity index (χ1v) is 5.34. The Morgan fingerprint density at radius 2 is 2.23 bits per heavy atom. The van der Waals surface area contributed by atoms with Crippen LogP contribution >= 0.6 is 0 Å². The molecule has 2 atom stereocenters. The van der Waals surface area contributed by atoms with E-state index in [9.17, 15) is 5.11 Å². The molecular weight excluding hydrogens is 162 g/mol. The quantitative estimate of drug-likeness (QED) is 0.525. The summed E-state index contributed by atoms with van der Waals surface area (Å²) in [7, 11) is 0. The van der Waals surface area contributed by atoms with Crippen molar-refractivity contribution in [2.75, 3.05) is 0 Å². The summed E-state index contributed by atoms with van der Waals surface area (Å²) in [5, 5.41) is 18.6. The Bertz CT molecular complexity index is 197. The first-order chi connectivity index (χ1) is 6.20. The van der Waals surface area contributed by atoms with Gasteiger partial charge < -0.3 is 5.11 Å². The summed E-state index contributed by atoms with van der Waals surface area (Å²) < 4.78 is 0. The van der Waals surface area contributed by atoms with E-state index in [2.05, 4.69) is 6.92 Å². The minimum Gasteiger partial charge on any atom is -0.375 e. The van der Waals surface area contributed by atoms with E-state index >= 15 is 0 Å². The van der Waals surface area contributed by atoms with Gasteiger partial charge in [0.2, 0.25) is 0 Å². The van der Waals surface area contributed by atoms with Gasteiger partial charge in [0.25, 0.3) is 0 Å². The molecule has 1 aliphatic carbocycles. The van der Waals surface area contributed by atoms with Crippen molar-refractivity contribution in [3.05, 3.63) is 0 Å². The number of nitrogens with zero attached hydrogens (tertiary/aromatic N) is 1. The summed E-state index contributed by atoms with van der Waals surface area (Å²) in [6.45, 7) is 2.20. The lowest BCUT2D eigenvalue weighted by Gasteiger charge is -2.17. The van der Waals surface area contributed by atoms with Gasteiger partial charge in [0.05, 0.1) is 6.07 Å². The molecule has 1 rings (SSSR count). The summed E-state index contributed by atoms with van der Waals surface area (Å²) in [6, 6.07) is 2.04. The average Bonchev–Trinajstić information content (AvgIpc) is 2.31. The molecule has 0 heterocycles. The predicted octanol–water partition coefficient (Wildman–Crippen LogP) is 2.62. The van der Waals surface area contributed by atoms with E-state index < -0.39 is 5.60 Å². The largest absolute Gasteiger partial charge is 0.375 e. The van der Waals surface area contributed by atoms with Crippen molar-refractivity contribution in [1.82, 2.24) is 0 Å². The van der Waals surface area contributed by atoms with Crippen molar-refractivity contribution < 1.29 is 5.11 Å². The van der Waals surface area contributed by atoms with Crippen LogP contribution in [0.2, 0.25) is 0 Å². The molecule has 13 heavy (non-hydrogen) atoms. The topological polar surface area (TPSA) is 44.0 Å². The standard InChI is InChI=1S/C11H19NO/c1-2-4-10-5-3-7-11(13,9-12)8-6-10/h10,13H,2-8H2,1H3. The normalized spacial score (nSPS) is 35.0. The molecule has 0 bridgehead atoms. The summed E-state index contributed by atoms with van der Waals surface area (Å²) in [4.78, 5) is 0. The van der Waals surface area contributed by atoms with Crippen molar-refractivity contribution in [2.45, 2.75) is 57.5 Å². The van der Waals surface area contributed by atoms with Gasteiger partial charge in [0, 0.05) is 0 Å². The molecule has 0 radical (unpaired) electrons. The van der Waals surface area contributed by atoms with Gasteiger partial charge in [-0.1, -0.05) is 26.2 Å². The van der Waals surface area contributed by atoms with Gasteiger partial charge in [-0.15, -0.1) is 0 Å². The number of hydrogen-bond acceptors (Lipinski definition) is 2. The molecule has 1 fully saturated rings. The lowest BCUT2D eigenvalue weighted by molar-refractivity contribution is 0.0812. The zero-order valence-corrected chi connectivity index (χ0v) is 8.42. The SMILES string of the molecule is CCCC1CCCC(O)(C#N)CC1. The third kappa shape index (κ3) is 3.00. The van der Waals surface area contributed by atoms with Crippen LogP contribution in [0, 0.1) is 17.2 Å². The molecule has 1 saturated carbocycles. The second kappa shape index (κ2) is 4.62. The van der Waals surface area contributed by atoms with Gasteiger partial charge in [0.1, 0.15) is 0 Å². The molecule has 2 unspecified atom stereocenters. The monoisotopic (exact) mass is 181 g/mol. The minimum absolute atomic E-state index is 0.670. The van der Waals surface area contributed by atoms with Crippen molar-refractivity contribution in [3.8, 4) is 6.07 Å². The molecule has 0 saturated heterocycles. The van der Waals surface area contributed by atoms with Gasteiger partial charge in [0.15, 0.2) is 5.60 Å². The van der Waals surface area contributed by atoms with Gasteiger partial charge in [-0.2, -0.15) is 5.26 Å². The summed E-state index contributed by atoms with van der Waals surface area (Å²) in [5.74, 6) is 0.743. The minimum atomic E-state index is -1.01. The second-order valence-corrected chi connectivity index (χ2v) is 4.23. The predicted molar refractivity (Wildman–Crippen MR) is 52.0 cm³/mol. The molecule has 2 nitrogen and oxygen atoms in total. The van der Waals surface area contributed by atoms with E-state index in [1.54, 1.807) is 0 Å². The van der Waals surface area contributed by atoms with E-state index in [0.717, 1.165) is 18.8 Å². The summed E-state index contributed by atoms with van der Waals surface area (Å²) in [6.07, 6.45) is 7.04. The molecular formula is C11H19NO. The number of aliphatic hydroxyl groups is 1. The van der Waals surface area contributed by atoms with Gasteiger partial charge >= 0.3 is 0 Å². The lowest BCUT2D eigenvalue weighted by Crippen LogP contribution is -2.24. The lowest BCUT2D eigenvalue weighted by atomic mass is 9.93. The zero-order valence-electron chi connectivity index (χ0n) is 8.42. The molecule has 74 valence electrons. The van der Waals surface area contributed by atoms with Gasteiger partial charge in [-0.25, -0.2) is 0 Å². The number of rotatable bonds is 2. The molecule has 0 spiro atoms. The van der Waals surface area contributed by atoms with Crippen LogP contribution < -0.4 is 0 Å². The first-order valence-electron chi connectivity index (χ1n) is 5.34. The Balaban J connectivity index is 2.45. The zero-order chi connectivity index (χ0) is 9.73. The fourth-order valence-corrected chi connectivity index (χ4v) is 2.20. The number of nitriles is 1. The van der Waals surface area contributed by atoms with Crippen LogP contribution in [0.5, 0.6) is 0 Å². The molecule has 1 N–H and O–H groups in total. The molecule has 2 heteroatoms. The third-order valence-electron chi connectivity index (χ3n) is 3.07. The van der Waals surface area contributed by atoms with E-state index in [1.807, 2.05) is 6.07 Å². The Morgan fingerprint density at radius 1 is 1.46 bits per heavy atom. The van der Waals surface area contributed by atoms with Crippen molar-refractivity contribution >= 4 is 0 Å². The van der Waals surface area contributed by atoms with Crippen LogP contribution in [-0.4, -0.2) is 10.7 Å². The van der Waals surface area contributed by atoms with Crippen molar-refractivity contribution in [3.63, 3.8) is 0 Å². The smallest absolute Gasteiger partial charge is 0.151 e. The Kier molecular flexibility index (Phi) is 3.74. The molecule has 1 aliphatic rings. The molecule has 0 aliphatic heterocycles. The molecule has 0 aromatic heterocycles. The Hall–Kier alpha value is -0.550. The van der Waals surface area contributed by atoms with Crippen LogP contribution in [0.15, 0.2) is 0 Å². The van der Waals surface area contributed by atoms with E-state index in [-0.39, 0.29) is 0 Å². The van der Waals surface area contributed by atoms with Gasteiger partial charge in [-0.3, -0.25) is 0 Å². The number of hydrogen-bond donors (Lipinski definition) is 1. The Labute approximate surface area is 80.6 Å². The fraction of sp³-hybridized carbons (Fsp3) is 0.909. The van der Waals surface area contributed by atoms with Crippen LogP contribution in [0.25, 0.3) is 0 Å². The highest BCUT2D eigenvalue weighted by Gasteiger charge is 2.30. The maximum Gasteiger partial charge on any atom is 0.151 e. The highest BCUT2D eigenvalue weighted by Crippen LogP contribution is 2.31. The van der Waals surface area contributed by atoms with Crippen molar-refractivity contribution in [2.24, 2.45) is 5.92 Å². The first kappa shape index (κ1) is 10.5. The van der Waals surface area contributed by atoms with E-state index in [1.165, 1.54) is 19.3 Å². The fourth-order valence-electron chi connectivity index (χ4n) is 2.20. The van der Waals surface area contributed by atoms with E-state index in [0.29, 0.717) is 12.8 Å². The average molecular weight is 181 g/mol. The van der Waals surface area contributed by atoms with Crippen LogP contribution in [-0.2, 0) is 0 Å². The Morgan fingerprint density at radius 3 is 2.85 bits per heavy atom. The highest BCUT2D eigenvalue weighted by molar-refractivity contribution is 5.01. The third-order valence-corrected chi connectivity index (χ3v) is 3.07. The molecule has 0 amide bonds. The van der Waals surface area contributed by atoms with Crippen LogP contribution in [0.4, 0.5) is 0 Å². The molecule has 0 aromatic carbocycles. The van der Waals surface area contributed by atoms with Crippen LogP contribution in [0.1, 0.15) is 51.9 Å².